The standard InChI is InChI=1S/C10H21N4O3P/c1-6-7-12-8(2)13-9(3)14-10(11)18(15,16-4)17-5/h12H,2,6-7H2,1,3-5H3,(H2,11,13,14). The molecule has 0 saturated heterocycles. The van der Waals surface area contributed by atoms with E-state index in [2.05, 4.69) is 31.3 Å². The van der Waals surface area contributed by atoms with Crippen LogP contribution in [0.1, 0.15) is 20.3 Å². The third kappa shape index (κ3) is 5.44. The number of aliphatic imine (C=N–C) groups is 1. The van der Waals surface area contributed by atoms with E-state index in [1.165, 1.54) is 14.2 Å². The van der Waals surface area contributed by atoms with Gasteiger partial charge in [-0.15, -0.1) is 0 Å². The highest BCUT2D eigenvalue weighted by atomic mass is 31.2. The Morgan fingerprint density at radius 2 is 2.00 bits per heavy atom. The van der Waals surface area contributed by atoms with Crippen LogP contribution < -0.4 is 10.6 Å². The molecular weight excluding hydrogens is 255 g/mol. The van der Waals surface area contributed by atoms with E-state index in [4.69, 9.17) is 5.41 Å². The first-order valence-corrected chi connectivity index (χ1v) is 6.99. The molecule has 0 spiro atoms. The Balaban J connectivity index is 4.52. The summed E-state index contributed by atoms with van der Waals surface area (Å²) in [5.41, 5.74) is -0.364. The predicted molar refractivity (Wildman–Crippen MR) is 73.0 cm³/mol. The summed E-state index contributed by atoms with van der Waals surface area (Å²) in [4.78, 5) is 4.06. The second-order valence-electron chi connectivity index (χ2n) is 3.41. The van der Waals surface area contributed by atoms with Crippen LogP contribution in [0.5, 0.6) is 0 Å². The number of nitrogens with zero attached hydrogens (tertiary/aromatic N) is 1. The lowest BCUT2D eigenvalue weighted by molar-refractivity contribution is 0.289. The van der Waals surface area contributed by atoms with Gasteiger partial charge in [-0.25, -0.2) is 4.99 Å². The van der Waals surface area contributed by atoms with E-state index in [9.17, 15) is 4.57 Å². The van der Waals surface area contributed by atoms with Gasteiger partial charge in [-0.05, 0) is 13.3 Å². The largest absolute Gasteiger partial charge is 0.395 e. The van der Waals surface area contributed by atoms with Gasteiger partial charge in [0.2, 0.25) is 5.58 Å². The maximum absolute atomic E-state index is 11.8. The van der Waals surface area contributed by atoms with Gasteiger partial charge >= 0.3 is 7.60 Å². The van der Waals surface area contributed by atoms with Crippen LogP contribution in [-0.2, 0) is 13.6 Å². The molecule has 0 radical (unpaired) electrons. The number of rotatable bonds is 7. The maximum atomic E-state index is 11.8. The molecule has 7 nitrogen and oxygen atoms in total. The number of nitrogens with one attached hydrogen (secondary N) is 3. The van der Waals surface area contributed by atoms with Gasteiger partial charge in [0.05, 0.1) is 0 Å². The van der Waals surface area contributed by atoms with Crippen molar-refractivity contribution in [3.05, 3.63) is 12.4 Å². The fourth-order valence-corrected chi connectivity index (χ4v) is 1.85. The lowest BCUT2D eigenvalue weighted by Crippen LogP contribution is -2.29. The van der Waals surface area contributed by atoms with Gasteiger partial charge in [0, 0.05) is 20.8 Å². The molecule has 0 aliphatic heterocycles. The van der Waals surface area contributed by atoms with E-state index in [0.29, 0.717) is 11.7 Å². The Kier molecular flexibility index (Phi) is 7.50. The van der Waals surface area contributed by atoms with Gasteiger partial charge in [-0.1, -0.05) is 13.5 Å². The van der Waals surface area contributed by atoms with Gasteiger partial charge in [-0.2, -0.15) is 0 Å². The van der Waals surface area contributed by atoms with Crippen LogP contribution in [0.3, 0.4) is 0 Å². The molecular formula is C10H21N4O3P. The predicted octanol–water partition coefficient (Wildman–Crippen LogP) is 1.89. The zero-order valence-corrected chi connectivity index (χ0v) is 12.1. The molecule has 18 heavy (non-hydrogen) atoms. The van der Waals surface area contributed by atoms with Crippen molar-refractivity contribution in [2.75, 3.05) is 20.8 Å². The Morgan fingerprint density at radius 3 is 2.44 bits per heavy atom. The minimum atomic E-state index is -3.55. The number of amidine groups is 2. The highest BCUT2D eigenvalue weighted by molar-refractivity contribution is 7.72. The van der Waals surface area contributed by atoms with Gasteiger partial charge in [-0.3, -0.25) is 9.97 Å². The average Bonchev–Trinajstić information content (AvgIpc) is 2.34. The molecule has 0 aromatic heterocycles. The van der Waals surface area contributed by atoms with Crippen molar-refractivity contribution in [2.45, 2.75) is 20.3 Å². The molecule has 0 aliphatic rings. The van der Waals surface area contributed by atoms with Crippen molar-refractivity contribution < 1.29 is 13.6 Å². The molecule has 0 atom stereocenters. The normalized spacial score (nSPS) is 12.1. The van der Waals surface area contributed by atoms with Crippen LogP contribution in [-0.4, -0.2) is 32.2 Å². The highest BCUT2D eigenvalue weighted by Gasteiger charge is 2.28. The summed E-state index contributed by atoms with van der Waals surface area (Å²) in [5.74, 6) is 0.849. The van der Waals surface area contributed by atoms with Crippen molar-refractivity contribution in [1.29, 1.82) is 5.41 Å². The third-order valence-electron chi connectivity index (χ3n) is 1.94. The summed E-state index contributed by atoms with van der Waals surface area (Å²) in [7, 11) is -1.12. The second-order valence-corrected chi connectivity index (χ2v) is 5.58. The monoisotopic (exact) mass is 276 g/mol. The molecule has 0 heterocycles. The van der Waals surface area contributed by atoms with Crippen molar-refractivity contribution >= 4 is 19.0 Å². The van der Waals surface area contributed by atoms with Crippen molar-refractivity contribution in [3.63, 3.8) is 0 Å². The average molecular weight is 276 g/mol. The summed E-state index contributed by atoms with van der Waals surface area (Å²) in [5, 5.41) is 13.1. The van der Waals surface area contributed by atoms with Gasteiger partial charge < -0.3 is 19.7 Å². The van der Waals surface area contributed by atoms with E-state index in [0.717, 1.165) is 13.0 Å². The van der Waals surface area contributed by atoms with E-state index in [1.807, 2.05) is 6.92 Å². The minimum Gasteiger partial charge on any atom is -0.371 e. The van der Waals surface area contributed by atoms with Gasteiger partial charge in [0.1, 0.15) is 11.7 Å². The van der Waals surface area contributed by atoms with E-state index in [1.54, 1.807) is 6.92 Å². The number of hydrogen-bond acceptors (Lipinski definition) is 6. The molecule has 0 rings (SSSR count). The molecule has 0 amide bonds. The van der Waals surface area contributed by atoms with Crippen LogP contribution in [0.4, 0.5) is 0 Å². The summed E-state index contributed by atoms with van der Waals surface area (Å²) < 4.78 is 21.2. The first-order valence-electron chi connectivity index (χ1n) is 5.45. The lowest BCUT2D eigenvalue weighted by atomic mass is 10.5. The number of hydrogen-bond donors (Lipinski definition) is 3. The summed E-state index contributed by atoms with van der Waals surface area (Å²) in [6.45, 7) is 8.12. The van der Waals surface area contributed by atoms with Gasteiger partial charge in [0.15, 0.2) is 0 Å². The molecule has 0 aliphatic carbocycles. The summed E-state index contributed by atoms with van der Waals surface area (Å²) >= 11 is 0. The topological polar surface area (TPSA) is 95.8 Å². The summed E-state index contributed by atoms with van der Waals surface area (Å²) in [6, 6.07) is 0. The molecule has 0 saturated carbocycles. The molecule has 0 bridgehead atoms. The van der Waals surface area contributed by atoms with Crippen molar-refractivity contribution in [1.82, 2.24) is 10.6 Å². The first-order chi connectivity index (χ1) is 8.39. The second kappa shape index (κ2) is 8.02. The van der Waals surface area contributed by atoms with Gasteiger partial charge in [0.25, 0.3) is 0 Å². The van der Waals surface area contributed by atoms with Crippen molar-refractivity contribution in [2.24, 2.45) is 4.99 Å². The lowest BCUT2D eigenvalue weighted by Gasteiger charge is -2.15. The zero-order chi connectivity index (χ0) is 14.2. The SMILES string of the molecule is C=C(N=C(C)NC(=N)P(=O)(OC)OC)NCCC. The Morgan fingerprint density at radius 1 is 1.44 bits per heavy atom. The molecule has 104 valence electrons. The minimum absolute atomic E-state index is 0.364. The molecule has 0 unspecified atom stereocenters. The first kappa shape index (κ1) is 16.8. The molecule has 8 heteroatoms. The fourth-order valence-electron chi connectivity index (χ4n) is 1.04. The summed E-state index contributed by atoms with van der Waals surface area (Å²) in [6.07, 6.45) is 0.958. The van der Waals surface area contributed by atoms with Crippen LogP contribution >= 0.6 is 7.60 Å². The van der Waals surface area contributed by atoms with Crippen molar-refractivity contribution in [3.8, 4) is 0 Å². The van der Waals surface area contributed by atoms with Crippen LogP contribution in [0.15, 0.2) is 17.4 Å². The Labute approximate surface area is 108 Å². The highest BCUT2D eigenvalue weighted by Crippen LogP contribution is 2.46. The van der Waals surface area contributed by atoms with Crippen LogP contribution in [0.2, 0.25) is 0 Å². The van der Waals surface area contributed by atoms with E-state index in [-0.39, 0.29) is 5.58 Å². The maximum Gasteiger partial charge on any atom is 0.395 e. The van der Waals surface area contributed by atoms with E-state index >= 15 is 0 Å². The Hall–Kier alpha value is -1.17. The third-order valence-corrected chi connectivity index (χ3v) is 3.56. The van der Waals surface area contributed by atoms with E-state index < -0.39 is 7.60 Å². The smallest absolute Gasteiger partial charge is 0.371 e. The molecule has 0 aromatic rings. The van der Waals surface area contributed by atoms with Crippen LogP contribution in [0.25, 0.3) is 0 Å². The fraction of sp³-hybridized carbons (Fsp3) is 0.600. The quantitative estimate of drug-likeness (QED) is 0.375. The molecule has 3 N–H and O–H groups in total. The molecule has 0 aromatic carbocycles. The molecule has 0 fully saturated rings. The van der Waals surface area contributed by atoms with Crippen LogP contribution in [0, 0.1) is 5.41 Å². The zero-order valence-electron chi connectivity index (χ0n) is 11.2. The Bertz CT molecular complexity index is 373.